The van der Waals surface area contributed by atoms with E-state index in [1.807, 2.05) is 0 Å². The first kappa shape index (κ1) is 5.59. The first-order valence-electron chi connectivity index (χ1n) is 4.58. The highest BCUT2D eigenvalue weighted by Crippen LogP contribution is 2.53. The maximum absolute atomic E-state index is 4.51. The summed E-state index contributed by atoms with van der Waals surface area (Å²) in [6.07, 6.45) is 4.62. The van der Waals surface area contributed by atoms with E-state index in [2.05, 4.69) is 5.32 Å². The highest BCUT2D eigenvalue weighted by atomic mass is 14.9. The molecule has 1 heterocycles. The van der Waals surface area contributed by atoms with Crippen LogP contribution in [0, 0.1) is 23.7 Å². The zero-order valence-corrected chi connectivity index (χ0v) is 6.29. The van der Waals surface area contributed by atoms with Crippen LogP contribution in [0.4, 0.5) is 0 Å². The maximum atomic E-state index is 4.51. The Balaban J connectivity index is 1.92. The Morgan fingerprint density at radius 1 is 0.900 bits per heavy atom. The van der Waals surface area contributed by atoms with Crippen LogP contribution in [0.25, 0.3) is 0 Å². The molecule has 1 aliphatic heterocycles. The first-order chi connectivity index (χ1) is 4.95. The zero-order chi connectivity index (χ0) is 6.55. The minimum Gasteiger partial charge on any atom is -0.241 e. The molecule has 0 amide bonds. The minimum absolute atomic E-state index is 1.04. The van der Waals surface area contributed by atoms with Gasteiger partial charge in [-0.1, -0.05) is 0 Å². The van der Waals surface area contributed by atoms with Gasteiger partial charge in [0, 0.05) is 13.1 Å². The van der Waals surface area contributed by atoms with Crippen LogP contribution in [0.5, 0.6) is 0 Å². The van der Waals surface area contributed by atoms with Crippen LogP contribution in [-0.4, -0.2) is 13.1 Å². The fourth-order valence-electron chi connectivity index (χ4n) is 3.47. The van der Waals surface area contributed by atoms with E-state index >= 15 is 0 Å². The van der Waals surface area contributed by atoms with Crippen molar-refractivity contribution in [2.75, 3.05) is 13.1 Å². The Kier molecular flexibility index (Phi) is 0.984. The van der Waals surface area contributed by atoms with Crippen molar-refractivity contribution < 1.29 is 0 Å². The van der Waals surface area contributed by atoms with Gasteiger partial charge in [-0.05, 0) is 42.9 Å². The second-order valence-corrected chi connectivity index (χ2v) is 4.25. The van der Waals surface area contributed by atoms with Crippen molar-refractivity contribution in [3.05, 3.63) is 0 Å². The van der Waals surface area contributed by atoms with Crippen LogP contribution in [0.2, 0.25) is 0 Å². The quantitative estimate of drug-likeness (QED) is 0.476. The highest BCUT2D eigenvalue weighted by Gasteiger charge is 2.49. The summed E-state index contributed by atoms with van der Waals surface area (Å²) in [5.41, 5.74) is 0. The third-order valence-corrected chi connectivity index (χ3v) is 3.95. The molecule has 4 atom stereocenters. The van der Waals surface area contributed by atoms with Crippen molar-refractivity contribution in [1.82, 2.24) is 5.32 Å². The van der Waals surface area contributed by atoms with Gasteiger partial charge < -0.3 is 0 Å². The normalized spacial score (nSPS) is 57.6. The van der Waals surface area contributed by atoms with E-state index in [1.54, 1.807) is 6.42 Å². The third-order valence-electron chi connectivity index (χ3n) is 3.95. The Bertz CT molecular complexity index is 139. The van der Waals surface area contributed by atoms with Crippen molar-refractivity contribution in [2.24, 2.45) is 23.7 Å². The first-order valence-corrected chi connectivity index (χ1v) is 4.58. The van der Waals surface area contributed by atoms with E-state index in [0.717, 1.165) is 23.7 Å². The van der Waals surface area contributed by atoms with Gasteiger partial charge in [-0.15, -0.1) is 0 Å². The van der Waals surface area contributed by atoms with Gasteiger partial charge in [0.25, 0.3) is 0 Å². The average Bonchev–Trinajstić information content (AvgIpc) is 2.60. The van der Waals surface area contributed by atoms with Gasteiger partial charge in [0.1, 0.15) is 0 Å². The molecule has 3 aliphatic rings. The Labute approximate surface area is 62.2 Å². The summed E-state index contributed by atoms with van der Waals surface area (Å²) in [7, 11) is 0. The van der Waals surface area contributed by atoms with Crippen LogP contribution in [0.3, 0.4) is 0 Å². The minimum atomic E-state index is 1.04. The number of hydrogen-bond donors (Lipinski definition) is 0. The van der Waals surface area contributed by atoms with Gasteiger partial charge in [-0.25, -0.2) is 5.32 Å². The molecule has 1 radical (unpaired) electrons. The molecule has 10 heavy (non-hydrogen) atoms. The van der Waals surface area contributed by atoms with Gasteiger partial charge in [-0.3, -0.25) is 0 Å². The SMILES string of the molecule is C1CC2CC1C1C[N]CC21. The topological polar surface area (TPSA) is 14.1 Å². The summed E-state index contributed by atoms with van der Waals surface area (Å²) in [5.74, 6) is 4.28. The Morgan fingerprint density at radius 3 is 2.10 bits per heavy atom. The van der Waals surface area contributed by atoms with Crippen LogP contribution in [0.1, 0.15) is 19.3 Å². The van der Waals surface area contributed by atoms with E-state index in [-0.39, 0.29) is 0 Å². The van der Waals surface area contributed by atoms with E-state index < -0.39 is 0 Å². The second kappa shape index (κ2) is 1.76. The van der Waals surface area contributed by atoms with Gasteiger partial charge in [0.2, 0.25) is 0 Å². The number of fused-ring (bicyclic) bond motifs is 5. The molecule has 4 unspecified atom stereocenters. The van der Waals surface area contributed by atoms with Crippen molar-refractivity contribution in [1.29, 1.82) is 0 Å². The predicted molar refractivity (Wildman–Crippen MR) is 39.7 cm³/mol. The number of rotatable bonds is 0. The molecule has 0 aromatic rings. The largest absolute Gasteiger partial charge is 0.241 e. The highest BCUT2D eigenvalue weighted by molar-refractivity contribution is 5.00. The Hall–Kier alpha value is -0.0400. The Morgan fingerprint density at radius 2 is 1.50 bits per heavy atom. The maximum Gasteiger partial charge on any atom is 0.0167 e. The summed E-state index contributed by atoms with van der Waals surface area (Å²) in [6, 6.07) is 0. The molecule has 0 N–H and O–H groups in total. The fraction of sp³-hybridized carbons (Fsp3) is 1.00. The lowest BCUT2D eigenvalue weighted by molar-refractivity contribution is 0.281. The van der Waals surface area contributed by atoms with Gasteiger partial charge >= 0.3 is 0 Å². The molecule has 1 nitrogen and oxygen atoms in total. The lowest BCUT2D eigenvalue weighted by atomic mass is 9.82. The van der Waals surface area contributed by atoms with Crippen LogP contribution in [0.15, 0.2) is 0 Å². The summed E-state index contributed by atoms with van der Waals surface area (Å²) in [5, 5.41) is 4.51. The van der Waals surface area contributed by atoms with Crippen molar-refractivity contribution in [2.45, 2.75) is 19.3 Å². The molecule has 0 aromatic carbocycles. The van der Waals surface area contributed by atoms with E-state index in [4.69, 9.17) is 0 Å². The molecule has 55 valence electrons. The summed E-state index contributed by atoms with van der Waals surface area (Å²) in [6.45, 7) is 2.43. The molecular formula is C9H14N. The molecule has 0 spiro atoms. The lowest BCUT2D eigenvalue weighted by Gasteiger charge is -2.22. The zero-order valence-electron chi connectivity index (χ0n) is 6.29. The lowest BCUT2D eigenvalue weighted by Crippen LogP contribution is -2.19. The molecule has 2 aliphatic carbocycles. The van der Waals surface area contributed by atoms with E-state index in [1.165, 1.54) is 25.9 Å². The molecule has 2 saturated carbocycles. The van der Waals surface area contributed by atoms with Crippen molar-refractivity contribution in [3.63, 3.8) is 0 Å². The van der Waals surface area contributed by atoms with Crippen LogP contribution < -0.4 is 5.32 Å². The number of hydrogen-bond acceptors (Lipinski definition) is 0. The van der Waals surface area contributed by atoms with Crippen LogP contribution in [-0.2, 0) is 0 Å². The molecule has 2 bridgehead atoms. The van der Waals surface area contributed by atoms with Crippen molar-refractivity contribution >= 4 is 0 Å². The third kappa shape index (κ3) is 0.531. The summed E-state index contributed by atoms with van der Waals surface area (Å²) in [4.78, 5) is 0. The molecule has 3 rings (SSSR count). The fourth-order valence-corrected chi connectivity index (χ4v) is 3.47. The predicted octanol–water partition coefficient (Wildman–Crippen LogP) is 1.27. The molecule has 1 heteroatoms. The van der Waals surface area contributed by atoms with E-state index in [0.29, 0.717) is 0 Å². The average molecular weight is 136 g/mol. The monoisotopic (exact) mass is 136 g/mol. The van der Waals surface area contributed by atoms with Gasteiger partial charge in [0.05, 0.1) is 0 Å². The van der Waals surface area contributed by atoms with Gasteiger partial charge in [-0.2, -0.15) is 0 Å². The van der Waals surface area contributed by atoms with Crippen molar-refractivity contribution in [3.8, 4) is 0 Å². The van der Waals surface area contributed by atoms with E-state index in [9.17, 15) is 0 Å². The summed E-state index contributed by atoms with van der Waals surface area (Å²) < 4.78 is 0. The standard InChI is InChI=1S/C9H14N/c1-2-7-3-6(1)8-4-10-5-9(7)8/h6-9H,1-5H2. The van der Waals surface area contributed by atoms with Gasteiger partial charge in [0.15, 0.2) is 0 Å². The second-order valence-electron chi connectivity index (χ2n) is 4.25. The number of nitrogens with zero attached hydrogens (tertiary/aromatic N) is 1. The molecule has 3 fully saturated rings. The molecule has 1 saturated heterocycles. The molecule has 0 aromatic heterocycles. The smallest absolute Gasteiger partial charge is 0.0167 e. The van der Waals surface area contributed by atoms with Crippen LogP contribution >= 0.6 is 0 Å². The molecular weight excluding hydrogens is 122 g/mol. The summed E-state index contributed by atoms with van der Waals surface area (Å²) >= 11 is 0.